The van der Waals surface area contributed by atoms with Gasteiger partial charge in [-0.1, -0.05) is 17.8 Å². The van der Waals surface area contributed by atoms with Crippen molar-refractivity contribution in [3.05, 3.63) is 28.2 Å². The minimum atomic E-state index is 0.0974. The molecule has 2 aromatic heterocycles. The zero-order valence-electron chi connectivity index (χ0n) is 15.1. The van der Waals surface area contributed by atoms with E-state index in [-0.39, 0.29) is 18.1 Å². The Balaban J connectivity index is 1.41. The van der Waals surface area contributed by atoms with Crippen molar-refractivity contribution >= 4 is 29.0 Å². The Morgan fingerprint density at radius 3 is 2.73 bits per heavy atom. The van der Waals surface area contributed by atoms with Crippen LogP contribution in [0.25, 0.3) is 0 Å². The van der Waals surface area contributed by atoms with E-state index in [9.17, 15) is 4.79 Å². The molecule has 0 bridgehead atoms. The Labute approximate surface area is 161 Å². The normalized spacial score (nSPS) is 23.4. The fourth-order valence-corrected chi connectivity index (χ4v) is 5.02. The molecule has 0 spiro atoms. The smallest absolute Gasteiger partial charge is 0.233 e. The summed E-state index contributed by atoms with van der Waals surface area (Å²) >= 11 is 3.26. The van der Waals surface area contributed by atoms with Gasteiger partial charge in [0, 0.05) is 30.4 Å². The number of amides is 1. The van der Waals surface area contributed by atoms with Gasteiger partial charge in [-0.2, -0.15) is 0 Å². The van der Waals surface area contributed by atoms with E-state index >= 15 is 0 Å². The molecule has 1 saturated heterocycles. The lowest BCUT2D eigenvalue weighted by Crippen LogP contribution is -2.48. The Morgan fingerprint density at radius 2 is 2.08 bits per heavy atom. The number of carbonyl (C=O) groups excluding carboxylic acids is 1. The van der Waals surface area contributed by atoms with Crippen molar-refractivity contribution in [3.63, 3.8) is 0 Å². The average Bonchev–Trinajstić information content (AvgIpc) is 3.15. The molecule has 0 N–H and O–H groups in total. The molecular formula is C18H24N4O2S2. The van der Waals surface area contributed by atoms with Crippen molar-refractivity contribution in [3.8, 4) is 0 Å². The summed E-state index contributed by atoms with van der Waals surface area (Å²) < 4.78 is 7.97. The largest absolute Gasteiger partial charge is 0.372 e. The molecule has 1 aliphatic heterocycles. The van der Waals surface area contributed by atoms with Gasteiger partial charge >= 0.3 is 0 Å². The molecule has 8 heteroatoms. The van der Waals surface area contributed by atoms with Crippen LogP contribution in [0.5, 0.6) is 0 Å². The number of morpholine rings is 1. The number of ether oxygens (including phenoxy) is 1. The molecule has 4 rings (SSSR count). The molecule has 2 fully saturated rings. The van der Waals surface area contributed by atoms with Gasteiger partial charge in [0.25, 0.3) is 0 Å². The molecule has 0 radical (unpaired) electrons. The molecule has 140 valence electrons. The van der Waals surface area contributed by atoms with Crippen LogP contribution in [-0.4, -0.2) is 56.6 Å². The van der Waals surface area contributed by atoms with E-state index in [4.69, 9.17) is 4.74 Å². The first kappa shape index (κ1) is 18.0. The number of rotatable bonds is 6. The third-order valence-corrected chi connectivity index (χ3v) is 6.46. The molecule has 0 unspecified atom stereocenters. The summed E-state index contributed by atoms with van der Waals surface area (Å²) in [7, 11) is 0. The topological polar surface area (TPSA) is 60.2 Å². The van der Waals surface area contributed by atoms with Crippen LogP contribution in [0.4, 0.5) is 0 Å². The zero-order chi connectivity index (χ0) is 18.1. The summed E-state index contributed by atoms with van der Waals surface area (Å²) in [5.41, 5.74) is 0. The number of thiophene rings is 1. The summed E-state index contributed by atoms with van der Waals surface area (Å²) in [5.74, 6) is 1.57. The van der Waals surface area contributed by atoms with Crippen molar-refractivity contribution in [2.24, 2.45) is 0 Å². The van der Waals surface area contributed by atoms with Gasteiger partial charge in [-0.3, -0.25) is 4.79 Å². The minimum Gasteiger partial charge on any atom is -0.372 e. The highest BCUT2D eigenvalue weighted by Crippen LogP contribution is 2.39. The monoisotopic (exact) mass is 392 g/mol. The second-order valence-electron chi connectivity index (χ2n) is 7.10. The van der Waals surface area contributed by atoms with Crippen LogP contribution in [0.2, 0.25) is 0 Å². The lowest BCUT2D eigenvalue weighted by atomic mass is 10.2. The van der Waals surface area contributed by atoms with Gasteiger partial charge in [-0.15, -0.1) is 21.5 Å². The molecular weight excluding hydrogens is 368 g/mol. The molecule has 0 aromatic carbocycles. The van der Waals surface area contributed by atoms with Crippen molar-refractivity contribution in [1.82, 2.24) is 19.7 Å². The third kappa shape index (κ3) is 4.13. The maximum absolute atomic E-state index is 12.6. The summed E-state index contributed by atoms with van der Waals surface area (Å²) in [6, 6.07) is 4.70. The number of hydrogen-bond donors (Lipinski definition) is 0. The molecule has 2 aromatic rings. The summed E-state index contributed by atoms with van der Waals surface area (Å²) in [4.78, 5) is 15.8. The summed E-state index contributed by atoms with van der Waals surface area (Å²) in [5, 5.41) is 11.8. The van der Waals surface area contributed by atoms with Crippen LogP contribution in [-0.2, 0) is 16.0 Å². The van der Waals surface area contributed by atoms with Gasteiger partial charge in [0.2, 0.25) is 5.91 Å². The van der Waals surface area contributed by atoms with Crippen molar-refractivity contribution in [1.29, 1.82) is 0 Å². The quantitative estimate of drug-likeness (QED) is 0.707. The SMILES string of the molecule is C[C@H]1CN(C(=O)CSc2nnc(Cc3cccs3)n2C2CC2)C[C@H](C)O1. The van der Waals surface area contributed by atoms with Crippen molar-refractivity contribution in [2.45, 2.75) is 56.5 Å². The highest BCUT2D eigenvalue weighted by atomic mass is 32.2. The fourth-order valence-electron chi connectivity index (χ4n) is 3.39. The first-order chi connectivity index (χ1) is 12.6. The standard InChI is InChI=1S/C18H24N4O2S2/c1-12-9-21(10-13(2)24-12)17(23)11-26-18-20-19-16(22(18)14-5-6-14)8-15-4-3-7-25-15/h3-4,7,12-14H,5-6,8-11H2,1-2H3/t12-,13-/m0/s1. The summed E-state index contributed by atoms with van der Waals surface area (Å²) in [6.45, 7) is 5.37. The maximum atomic E-state index is 12.6. The van der Waals surface area contributed by atoms with E-state index in [1.165, 1.54) is 29.5 Å². The highest BCUT2D eigenvalue weighted by Gasteiger charge is 2.31. The van der Waals surface area contributed by atoms with Crippen LogP contribution in [0.3, 0.4) is 0 Å². The van der Waals surface area contributed by atoms with E-state index in [1.807, 2.05) is 18.7 Å². The van der Waals surface area contributed by atoms with E-state index in [1.54, 1.807) is 11.3 Å². The summed E-state index contributed by atoms with van der Waals surface area (Å²) in [6.07, 6.45) is 3.36. The lowest BCUT2D eigenvalue weighted by Gasteiger charge is -2.35. The van der Waals surface area contributed by atoms with Gasteiger partial charge in [0.15, 0.2) is 5.16 Å². The van der Waals surface area contributed by atoms with Crippen LogP contribution in [0.15, 0.2) is 22.7 Å². The zero-order valence-corrected chi connectivity index (χ0v) is 16.8. The first-order valence-electron chi connectivity index (χ1n) is 9.12. The molecule has 2 aliphatic rings. The Kier molecular flexibility index (Phi) is 5.33. The van der Waals surface area contributed by atoms with Crippen LogP contribution < -0.4 is 0 Å². The number of aromatic nitrogens is 3. The lowest BCUT2D eigenvalue weighted by molar-refractivity contribution is -0.140. The van der Waals surface area contributed by atoms with E-state index in [2.05, 4.69) is 32.3 Å². The number of carbonyl (C=O) groups is 1. The van der Waals surface area contributed by atoms with Gasteiger partial charge < -0.3 is 14.2 Å². The molecule has 1 amide bonds. The number of hydrogen-bond acceptors (Lipinski definition) is 6. The predicted octanol–water partition coefficient (Wildman–Crippen LogP) is 2.99. The highest BCUT2D eigenvalue weighted by molar-refractivity contribution is 7.99. The molecule has 3 heterocycles. The van der Waals surface area contributed by atoms with Crippen molar-refractivity contribution < 1.29 is 9.53 Å². The number of nitrogens with zero attached hydrogens (tertiary/aromatic N) is 4. The second kappa shape index (κ2) is 7.70. The predicted molar refractivity (Wildman–Crippen MR) is 103 cm³/mol. The first-order valence-corrected chi connectivity index (χ1v) is 11.0. The Bertz CT molecular complexity index is 747. The fraction of sp³-hybridized carbons (Fsp3) is 0.611. The van der Waals surface area contributed by atoms with Crippen LogP contribution >= 0.6 is 23.1 Å². The molecule has 2 atom stereocenters. The second-order valence-corrected chi connectivity index (χ2v) is 9.08. The van der Waals surface area contributed by atoms with Gasteiger partial charge in [-0.25, -0.2) is 0 Å². The van der Waals surface area contributed by atoms with E-state index in [0.29, 0.717) is 24.9 Å². The van der Waals surface area contributed by atoms with Crippen LogP contribution in [0.1, 0.15) is 43.4 Å². The average molecular weight is 393 g/mol. The van der Waals surface area contributed by atoms with Crippen LogP contribution in [0, 0.1) is 0 Å². The van der Waals surface area contributed by atoms with E-state index in [0.717, 1.165) is 17.4 Å². The van der Waals surface area contributed by atoms with Gasteiger partial charge in [0.1, 0.15) is 5.82 Å². The molecule has 1 saturated carbocycles. The van der Waals surface area contributed by atoms with Gasteiger partial charge in [0.05, 0.1) is 18.0 Å². The van der Waals surface area contributed by atoms with Crippen molar-refractivity contribution in [2.75, 3.05) is 18.8 Å². The Hall–Kier alpha value is -1.38. The van der Waals surface area contributed by atoms with Gasteiger partial charge in [-0.05, 0) is 38.1 Å². The maximum Gasteiger partial charge on any atom is 0.233 e. The third-order valence-electron chi connectivity index (χ3n) is 4.66. The minimum absolute atomic E-state index is 0.0974. The molecule has 6 nitrogen and oxygen atoms in total. The molecule has 1 aliphatic carbocycles. The number of thioether (sulfide) groups is 1. The molecule has 26 heavy (non-hydrogen) atoms. The Morgan fingerprint density at radius 1 is 1.31 bits per heavy atom. The van der Waals surface area contributed by atoms with E-state index < -0.39 is 0 Å².